The predicted molar refractivity (Wildman–Crippen MR) is 262 cm³/mol. The number of amides is 1. The summed E-state index contributed by atoms with van der Waals surface area (Å²) in [6, 6.07) is 17.4. The van der Waals surface area contributed by atoms with Gasteiger partial charge in [-0.3, -0.25) is 9.69 Å². The van der Waals surface area contributed by atoms with Crippen molar-refractivity contribution in [1.82, 2.24) is 25.1 Å². The fourth-order valence-corrected chi connectivity index (χ4v) is 10.9. The molecule has 2 saturated heterocycles. The van der Waals surface area contributed by atoms with Crippen LogP contribution in [0.15, 0.2) is 59.9 Å². The number of allylic oxidation sites excluding steroid dienone is 2. The van der Waals surface area contributed by atoms with Crippen molar-refractivity contribution < 1.29 is 28.8 Å². The third kappa shape index (κ3) is 8.56. The summed E-state index contributed by atoms with van der Waals surface area (Å²) < 4.78 is 1.44. The number of aryl methyl sites for hydroxylation is 1. The third-order valence-electron chi connectivity index (χ3n) is 14.3. The van der Waals surface area contributed by atoms with E-state index in [1.807, 2.05) is 24.0 Å². The van der Waals surface area contributed by atoms with Crippen molar-refractivity contribution in [2.24, 2.45) is 0 Å². The van der Waals surface area contributed by atoms with Gasteiger partial charge in [-0.1, -0.05) is 45.4 Å². The molecule has 1 aliphatic carbocycles. The lowest BCUT2D eigenvalue weighted by Gasteiger charge is -2.46. The zero-order valence-electron chi connectivity index (χ0n) is 39.3. The highest BCUT2D eigenvalue weighted by Crippen LogP contribution is 2.50. The zero-order valence-corrected chi connectivity index (χ0v) is 39.3. The van der Waals surface area contributed by atoms with Crippen LogP contribution < -0.4 is 31.5 Å². The number of carbonyl (C=O) groups is 1. The van der Waals surface area contributed by atoms with Gasteiger partial charge in [-0.15, -0.1) is 0 Å². The minimum absolute atomic E-state index is 0.000787. The van der Waals surface area contributed by atoms with Gasteiger partial charge in [0, 0.05) is 101 Å². The molecule has 1 amide bonds. The standard InChI is InChI=1S/C54H56N8O6/c1-6-36-23-40-41(29-64)51-38-17-15-35(25-55)22-44(38)59-53(51)54(4,5)42(40)24-47(36)60-26-33(2)61(34(3)27-60)21-9-7-8-14-50(68)57-20-11-19-56-43-13-10-12-39-48(31-66)62(49(32-67)52(39)43)46-18-16-37(28-63)58-45(46)30-65/h10,12-13,15,17,22-24,33-34,46,56,58-59H,6-9,11,14,16,18-21,26-27H2,1-5H3,(H,57,68). The molecule has 2 aliphatic heterocycles. The Morgan fingerprint density at radius 3 is 2.34 bits per heavy atom. The molecule has 2 fully saturated rings. The number of anilines is 2. The zero-order chi connectivity index (χ0) is 48.3. The first-order valence-corrected chi connectivity index (χ1v) is 23.6. The fourth-order valence-electron chi connectivity index (χ4n) is 10.9. The Morgan fingerprint density at radius 1 is 0.868 bits per heavy atom. The molecule has 3 aromatic carbocycles. The van der Waals surface area contributed by atoms with Gasteiger partial charge in [0.05, 0.1) is 23.2 Å². The molecular formula is C54H56N8O6. The van der Waals surface area contributed by atoms with E-state index in [-0.39, 0.29) is 40.8 Å². The van der Waals surface area contributed by atoms with E-state index in [0.717, 1.165) is 78.6 Å². The summed E-state index contributed by atoms with van der Waals surface area (Å²) in [7, 11) is 0. The van der Waals surface area contributed by atoms with Crippen molar-refractivity contribution in [3.05, 3.63) is 104 Å². The lowest BCUT2D eigenvalue weighted by molar-refractivity contribution is -0.121. The second-order valence-electron chi connectivity index (χ2n) is 18.8. The Kier molecular flexibility index (Phi) is 13.7. The summed E-state index contributed by atoms with van der Waals surface area (Å²) in [5, 5.41) is 20.7. The number of carbonyl (C=O) groups excluding carboxylic acids is 6. The molecule has 0 radical (unpaired) electrons. The Morgan fingerprint density at radius 2 is 1.65 bits per heavy atom. The number of rotatable bonds is 14. The van der Waals surface area contributed by atoms with Gasteiger partial charge in [0.25, 0.3) is 0 Å². The third-order valence-corrected chi connectivity index (χ3v) is 14.3. The molecule has 8 rings (SSSR count). The van der Waals surface area contributed by atoms with Crippen LogP contribution in [0, 0.1) is 11.3 Å². The van der Waals surface area contributed by atoms with Crippen LogP contribution in [0.5, 0.6) is 0 Å². The van der Waals surface area contributed by atoms with Crippen LogP contribution >= 0.6 is 0 Å². The molecule has 4 N–H and O–H groups in total. The average molecular weight is 913 g/mol. The minimum Gasteiger partial charge on any atom is -0.384 e. The molecule has 0 spiro atoms. The summed E-state index contributed by atoms with van der Waals surface area (Å²) in [6.07, 6.45) is 5.12. The van der Waals surface area contributed by atoms with Crippen molar-refractivity contribution in [2.75, 3.05) is 42.9 Å². The molecule has 68 heavy (non-hydrogen) atoms. The highest BCUT2D eigenvalue weighted by atomic mass is 16.1. The van der Waals surface area contributed by atoms with E-state index >= 15 is 0 Å². The largest absolute Gasteiger partial charge is 0.384 e. The molecule has 14 heteroatoms. The Bertz CT molecular complexity index is 3200. The van der Waals surface area contributed by atoms with Crippen LogP contribution in [0.2, 0.25) is 0 Å². The highest BCUT2D eigenvalue weighted by Gasteiger charge is 2.40. The van der Waals surface area contributed by atoms with Crippen LogP contribution in [0.3, 0.4) is 0 Å². The van der Waals surface area contributed by atoms with Gasteiger partial charge in [0.2, 0.25) is 5.91 Å². The second-order valence-corrected chi connectivity index (χ2v) is 18.8. The van der Waals surface area contributed by atoms with E-state index in [1.165, 1.54) is 15.8 Å². The maximum atomic E-state index is 12.8. The van der Waals surface area contributed by atoms with E-state index in [9.17, 15) is 34.0 Å². The number of H-pyrrole nitrogens is 1. The van der Waals surface area contributed by atoms with Gasteiger partial charge in [-0.2, -0.15) is 5.26 Å². The number of nitrogens with one attached hydrogen (secondary N) is 4. The molecule has 3 aliphatic rings. The van der Waals surface area contributed by atoms with Crippen LogP contribution in [0.1, 0.15) is 119 Å². The summed E-state index contributed by atoms with van der Waals surface area (Å²) in [6.45, 7) is 14.8. The van der Waals surface area contributed by atoms with E-state index < -0.39 is 11.5 Å². The normalized spacial score (nSPS) is 18.6. The summed E-state index contributed by atoms with van der Waals surface area (Å²) in [5.41, 5.74) is 8.60. The number of unbranched alkanes of at least 4 members (excludes halogenated alkanes) is 2. The molecule has 3 atom stereocenters. The molecule has 0 bridgehead atoms. The number of piperidine rings is 1. The number of hydrogen-bond acceptors (Lipinski definition) is 11. The molecule has 348 valence electrons. The summed E-state index contributed by atoms with van der Waals surface area (Å²) in [5.74, 6) is 9.78. The van der Waals surface area contributed by atoms with Crippen LogP contribution in [-0.4, -0.2) is 94.9 Å². The number of nitrogens with zero attached hydrogens (tertiary/aromatic N) is 4. The first kappa shape index (κ1) is 47.1. The first-order valence-electron chi connectivity index (χ1n) is 23.6. The van der Waals surface area contributed by atoms with Crippen molar-refractivity contribution in [1.29, 1.82) is 5.26 Å². The Balaban J connectivity index is 0.819. The van der Waals surface area contributed by atoms with Crippen molar-refractivity contribution in [2.45, 2.75) is 110 Å². The summed E-state index contributed by atoms with van der Waals surface area (Å²) in [4.78, 5) is 82.0. The topological polar surface area (TPSA) is 189 Å². The van der Waals surface area contributed by atoms with Gasteiger partial charge in [0.15, 0.2) is 11.9 Å². The highest BCUT2D eigenvalue weighted by molar-refractivity contribution is 6.10. The van der Waals surface area contributed by atoms with Gasteiger partial charge >= 0.3 is 0 Å². The van der Waals surface area contributed by atoms with Crippen molar-refractivity contribution in [3.8, 4) is 6.07 Å². The molecule has 4 heterocycles. The number of piperazine rings is 1. The second kappa shape index (κ2) is 19.8. The van der Waals surface area contributed by atoms with Crippen LogP contribution in [0.4, 0.5) is 11.4 Å². The van der Waals surface area contributed by atoms with Gasteiger partial charge in [-0.25, -0.2) is 24.0 Å². The van der Waals surface area contributed by atoms with E-state index in [2.05, 4.69) is 89.5 Å². The lowest BCUT2D eigenvalue weighted by Crippen LogP contribution is -2.57. The molecule has 2 aromatic heterocycles. The predicted octanol–water partition coefficient (Wildman–Crippen LogP) is 4.90. The van der Waals surface area contributed by atoms with Crippen LogP contribution in [0.25, 0.3) is 27.2 Å². The van der Waals surface area contributed by atoms with Crippen LogP contribution in [-0.2, 0) is 40.6 Å². The van der Waals surface area contributed by atoms with Crippen molar-refractivity contribution in [3.63, 3.8) is 0 Å². The number of fused-ring (bicyclic) bond motifs is 5. The molecule has 3 unspecified atom stereocenters. The molecule has 0 saturated carbocycles. The maximum absolute atomic E-state index is 12.8. The minimum atomic E-state index is -0.746. The lowest BCUT2D eigenvalue weighted by atomic mass is 9.69. The smallest absolute Gasteiger partial charge is 0.219 e. The number of benzene rings is 3. The van der Waals surface area contributed by atoms with Gasteiger partial charge in [0.1, 0.15) is 39.9 Å². The summed E-state index contributed by atoms with van der Waals surface area (Å²) >= 11 is 0. The Hall–Kier alpha value is -7.43. The molecule has 14 nitrogen and oxygen atoms in total. The Labute approximate surface area is 394 Å². The monoisotopic (exact) mass is 912 g/mol. The SMILES string of the molecule is CCc1cc2c(cc1N1CC(C)N(CCCCCC(=O)NCCCNc3cccc4c(=C=O)n(C5CCC(=C=O)NC5=C=O)c(=C=O)c34)C(C)C1)C(C)(C)c1[nH]c3cc(C#N)ccc3c1C2=C=O. The average Bonchev–Trinajstić information content (AvgIpc) is 3.90. The van der Waals surface area contributed by atoms with E-state index in [1.54, 1.807) is 36.1 Å². The molecular weight excluding hydrogens is 857 g/mol. The first-order chi connectivity index (χ1) is 32.9. The number of aromatic nitrogens is 2. The van der Waals surface area contributed by atoms with Crippen molar-refractivity contribution >= 4 is 74.2 Å². The quantitative estimate of drug-likeness (QED) is 0.0877. The van der Waals surface area contributed by atoms with Gasteiger partial charge < -0.3 is 30.4 Å². The fraction of sp³-hybridized carbons (Fsp3) is 0.407. The van der Waals surface area contributed by atoms with E-state index in [4.69, 9.17) is 0 Å². The van der Waals surface area contributed by atoms with E-state index in [0.29, 0.717) is 65.6 Å². The number of nitriles is 1. The number of aromatic amines is 1. The molecule has 5 aromatic rings. The number of hydrogen-bond donors (Lipinski definition) is 4. The maximum Gasteiger partial charge on any atom is 0.219 e. The van der Waals surface area contributed by atoms with Gasteiger partial charge in [-0.05, 0) is 99.5 Å².